The molecular weight excluding hydrogens is 252 g/mol. The smallest absolute Gasteiger partial charge is 0.154 e. The molecule has 0 atom stereocenters. The Bertz CT molecular complexity index is 610. The van der Waals surface area contributed by atoms with Crippen molar-refractivity contribution in [2.24, 2.45) is 0 Å². The molecule has 0 unspecified atom stereocenters. The summed E-state index contributed by atoms with van der Waals surface area (Å²) in [5.74, 6) is 0.828. The normalized spacial score (nSPS) is 12.9. The number of hydrogen-bond acceptors (Lipinski definition) is 4. The van der Waals surface area contributed by atoms with Crippen molar-refractivity contribution in [3.8, 4) is 0 Å². The Hall–Kier alpha value is -1.62. The van der Waals surface area contributed by atoms with Gasteiger partial charge in [0.15, 0.2) is 5.82 Å². The monoisotopic (exact) mass is 276 g/mol. The van der Waals surface area contributed by atoms with Gasteiger partial charge in [0.1, 0.15) is 5.52 Å². The van der Waals surface area contributed by atoms with Gasteiger partial charge in [0.2, 0.25) is 0 Å². The van der Waals surface area contributed by atoms with Gasteiger partial charge in [-0.05, 0) is 19.9 Å². The van der Waals surface area contributed by atoms with Crippen LogP contribution < -0.4 is 4.90 Å². The fraction of sp³-hybridized carbons (Fsp3) is 0.600. The van der Waals surface area contributed by atoms with Gasteiger partial charge >= 0.3 is 0 Å². The summed E-state index contributed by atoms with van der Waals surface area (Å²) in [7, 11) is 1.95. The van der Waals surface area contributed by atoms with E-state index in [1.807, 2.05) is 36.5 Å². The highest BCUT2D eigenvalue weighted by Gasteiger charge is 2.26. The Morgan fingerprint density at radius 3 is 2.45 bits per heavy atom. The Morgan fingerprint density at radius 1 is 1.25 bits per heavy atom. The molecule has 0 saturated heterocycles. The number of hydrogen-bond donors (Lipinski definition) is 1. The number of aromatic nitrogens is 3. The van der Waals surface area contributed by atoms with Crippen LogP contribution in [0.4, 0.5) is 5.82 Å². The number of nitrogens with zero attached hydrogens (tertiary/aromatic N) is 4. The van der Waals surface area contributed by atoms with Crippen molar-refractivity contribution in [1.82, 2.24) is 14.6 Å². The van der Waals surface area contributed by atoms with Crippen LogP contribution in [0.25, 0.3) is 5.52 Å². The molecule has 2 aromatic rings. The van der Waals surface area contributed by atoms with Gasteiger partial charge in [-0.3, -0.25) is 0 Å². The summed E-state index contributed by atoms with van der Waals surface area (Å²) >= 11 is 0. The highest BCUT2D eigenvalue weighted by Crippen LogP contribution is 2.28. The number of rotatable bonds is 3. The third-order valence-corrected chi connectivity index (χ3v) is 3.75. The van der Waals surface area contributed by atoms with Gasteiger partial charge in [-0.1, -0.05) is 20.8 Å². The van der Waals surface area contributed by atoms with E-state index >= 15 is 0 Å². The first-order chi connectivity index (χ1) is 9.16. The van der Waals surface area contributed by atoms with Crippen LogP contribution in [-0.2, 0) is 5.41 Å². The molecule has 2 aromatic heterocycles. The molecule has 20 heavy (non-hydrogen) atoms. The molecule has 0 radical (unpaired) electrons. The highest BCUT2D eigenvalue weighted by atomic mass is 16.3. The predicted molar refractivity (Wildman–Crippen MR) is 81.3 cm³/mol. The average Bonchev–Trinajstić information content (AvgIpc) is 2.81. The van der Waals surface area contributed by atoms with Crippen molar-refractivity contribution in [1.29, 1.82) is 0 Å². The zero-order chi connectivity index (χ0) is 15.1. The van der Waals surface area contributed by atoms with Crippen LogP contribution >= 0.6 is 0 Å². The van der Waals surface area contributed by atoms with E-state index in [0.717, 1.165) is 17.0 Å². The molecule has 2 rings (SSSR count). The number of fused-ring (bicyclic) bond motifs is 1. The molecule has 0 aliphatic carbocycles. The van der Waals surface area contributed by atoms with Crippen LogP contribution in [0.2, 0.25) is 0 Å². The van der Waals surface area contributed by atoms with E-state index in [2.05, 4.69) is 36.9 Å². The van der Waals surface area contributed by atoms with Gasteiger partial charge in [0.05, 0.1) is 17.8 Å². The van der Waals surface area contributed by atoms with E-state index in [9.17, 15) is 5.11 Å². The molecule has 0 bridgehead atoms. The van der Waals surface area contributed by atoms with Crippen molar-refractivity contribution in [3.63, 3.8) is 0 Å². The second-order valence-electron chi connectivity index (χ2n) is 6.89. The molecule has 110 valence electrons. The first-order valence-corrected chi connectivity index (χ1v) is 6.86. The summed E-state index contributed by atoms with van der Waals surface area (Å²) in [6, 6.07) is 2.08. The largest absolute Gasteiger partial charge is 0.394 e. The van der Waals surface area contributed by atoms with Gasteiger partial charge in [-0.2, -0.15) is 5.10 Å². The first kappa shape index (κ1) is 14.8. The minimum atomic E-state index is -0.374. The Balaban J connectivity index is 2.58. The predicted octanol–water partition coefficient (Wildman–Crippen LogP) is 2.23. The second kappa shape index (κ2) is 4.74. The maximum Gasteiger partial charge on any atom is 0.154 e. The molecule has 0 saturated carbocycles. The third-order valence-electron chi connectivity index (χ3n) is 3.75. The van der Waals surface area contributed by atoms with Crippen LogP contribution in [-0.4, -0.2) is 38.9 Å². The third kappa shape index (κ3) is 2.50. The fourth-order valence-corrected chi connectivity index (χ4v) is 1.93. The fourth-order valence-electron chi connectivity index (χ4n) is 1.93. The zero-order valence-electron chi connectivity index (χ0n) is 13.2. The van der Waals surface area contributed by atoms with Crippen LogP contribution in [0.1, 0.15) is 40.3 Å². The summed E-state index contributed by atoms with van der Waals surface area (Å²) < 4.78 is 1.85. The summed E-state index contributed by atoms with van der Waals surface area (Å²) in [5, 5.41) is 14.2. The molecule has 5 heteroatoms. The molecular formula is C15H24N4O. The van der Waals surface area contributed by atoms with Gasteiger partial charge in [0.25, 0.3) is 0 Å². The quantitative estimate of drug-likeness (QED) is 0.934. The van der Waals surface area contributed by atoms with Crippen molar-refractivity contribution < 1.29 is 5.11 Å². The Labute approximate surface area is 120 Å². The van der Waals surface area contributed by atoms with Gasteiger partial charge in [-0.25, -0.2) is 9.50 Å². The lowest BCUT2D eigenvalue weighted by atomic mass is 9.92. The lowest BCUT2D eigenvalue weighted by Crippen LogP contribution is -2.45. The maximum atomic E-state index is 9.54. The van der Waals surface area contributed by atoms with Crippen molar-refractivity contribution in [2.75, 3.05) is 18.6 Å². The van der Waals surface area contributed by atoms with E-state index in [1.54, 1.807) is 6.20 Å². The average molecular weight is 276 g/mol. The lowest BCUT2D eigenvalue weighted by molar-refractivity contribution is 0.216. The van der Waals surface area contributed by atoms with Crippen molar-refractivity contribution >= 4 is 11.3 Å². The van der Waals surface area contributed by atoms with E-state index < -0.39 is 0 Å². The molecule has 0 aliphatic heterocycles. The zero-order valence-corrected chi connectivity index (χ0v) is 13.2. The van der Waals surface area contributed by atoms with Crippen LogP contribution in [0, 0.1) is 0 Å². The molecule has 0 aromatic carbocycles. The lowest BCUT2D eigenvalue weighted by Gasteiger charge is -2.35. The van der Waals surface area contributed by atoms with Gasteiger partial charge in [-0.15, -0.1) is 0 Å². The van der Waals surface area contributed by atoms with E-state index in [4.69, 9.17) is 0 Å². The Kier molecular flexibility index (Phi) is 3.50. The SMILES string of the molecule is CN(c1nccn2nc(C(C)(C)C)cc12)C(C)(C)CO. The standard InChI is InChI=1S/C15H24N4O/c1-14(2,3)12-9-11-13(16-7-8-19(11)17-12)18(6)15(4,5)10-20/h7-9,20H,10H2,1-6H3. The van der Waals surface area contributed by atoms with Crippen LogP contribution in [0.15, 0.2) is 18.5 Å². The van der Waals surface area contributed by atoms with E-state index in [1.165, 1.54) is 0 Å². The number of aliphatic hydroxyl groups is 1. The summed E-state index contributed by atoms with van der Waals surface area (Å²) in [4.78, 5) is 6.47. The molecule has 1 N–H and O–H groups in total. The molecule has 2 heterocycles. The van der Waals surface area contributed by atoms with Crippen molar-refractivity contribution in [3.05, 3.63) is 24.2 Å². The van der Waals surface area contributed by atoms with Crippen LogP contribution in [0.5, 0.6) is 0 Å². The minimum absolute atomic E-state index is 0.00560. The summed E-state index contributed by atoms with van der Waals surface area (Å²) in [6.07, 6.45) is 3.60. The van der Waals surface area contributed by atoms with Gasteiger partial charge < -0.3 is 10.0 Å². The van der Waals surface area contributed by atoms with Gasteiger partial charge in [0, 0.05) is 24.9 Å². The van der Waals surface area contributed by atoms with E-state index in [-0.39, 0.29) is 17.6 Å². The minimum Gasteiger partial charge on any atom is -0.394 e. The summed E-state index contributed by atoms with van der Waals surface area (Å²) in [6.45, 7) is 10.5. The molecule has 0 aliphatic rings. The molecule has 5 nitrogen and oxygen atoms in total. The molecule has 0 amide bonds. The first-order valence-electron chi connectivity index (χ1n) is 6.86. The highest BCUT2D eigenvalue weighted by molar-refractivity contribution is 5.70. The maximum absolute atomic E-state index is 9.54. The van der Waals surface area contributed by atoms with Crippen molar-refractivity contribution in [2.45, 2.75) is 45.6 Å². The topological polar surface area (TPSA) is 53.7 Å². The molecule has 0 fully saturated rings. The number of aliphatic hydroxyl groups excluding tert-OH is 1. The van der Waals surface area contributed by atoms with E-state index in [0.29, 0.717) is 0 Å². The number of likely N-dealkylation sites (N-methyl/N-ethyl adjacent to an activating group) is 1. The second-order valence-corrected chi connectivity index (χ2v) is 6.89. The summed E-state index contributed by atoms with van der Waals surface area (Å²) in [5.41, 5.74) is 1.61. The Morgan fingerprint density at radius 2 is 1.90 bits per heavy atom. The molecule has 0 spiro atoms. The number of anilines is 1. The van der Waals surface area contributed by atoms with Crippen LogP contribution in [0.3, 0.4) is 0 Å².